The largest absolute Gasteiger partial charge is 0.465 e. The number of piperidine rings is 1. The summed E-state index contributed by atoms with van der Waals surface area (Å²) in [6.07, 6.45) is 4.73. The Hall–Kier alpha value is -0.610. The Morgan fingerprint density at radius 3 is 2.78 bits per heavy atom. The van der Waals surface area contributed by atoms with Crippen molar-refractivity contribution in [1.82, 2.24) is 10.2 Å². The molecule has 0 aromatic heterocycles. The molecule has 2 saturated heterocycles. The molecular weight excluding hydrogens is 228 g/mol. The van der Waals surface area contributed by atoms with Crippen LogP contribution in [-0.2, 0) is 9.53 Å². The molecule has 0 aromatic carbocycles. The Morgan fingerprint density at radius 1 is 1.39 bits per heavy atom. The summed E-state index contributed by atoms with van der Waals surface area (Å²) in [5.74, 6) is 0.804. The Morgan fingerprint density at radius 2 is 2.11 bits per heavy atom. The molecule has 1 N–H and O–H groups in total. The molecule has 0 radical (unpaired) electrons. The van der Waals surface area contributed by atoms with Crippen LogP contribution in [0.25, 0.3) is 0 Å². The number of carbonyl (C=O) groups is 1. The fourth-order valence-electron chi connectivity index (χ4n) is 3.31. The highest BCUT2D eigenvalue weighted by molar-refractivity contribution is 5.74. The fraction of sp³-hybridized carbons (Fsp3) is 0.929. The molecule has 102 valence electrons. The molecule has 18 heavy (non-hydrogen) atoms. The summed E-state index contributed by atoms with van der Waals surface area (Å²) < 4.78 is 5.51. The number of ether oxygens (including phenoxy) is 1. The first-order valence-electron chi connectivity index (χ1n) is 7.25. The zero-order valence-corrected chi connectivity index (χ0v) is 11.3. The third kappa shape index (κ3) is 2.41. The van der Waals surface area contributed by atoms with Crippen LogP contribution in [0.3, 0.4) is 0 Å². The predicted octanol–water partition coefficient (Wildman–Crippen LogP) is 0.871. The van der Waals surface area contributed by atoms with E-state index in [1.807, 2.05) is 0 Å². The van der Waals surface area contributed by atoms with Crippen LogP contribution in [0.15, 0.2) is 0 Å². The maximum absolute atomic E-state index is 12.3. The summed E-state index contributed by atoms with van der Waals surface area (Å²) >= 11 is 0. The number of rotatable bonds is 3. The fourth-order valence-corrected chi connectivity index (χ4v) is 3.31. The Kier molecular flexibility index (Phi) is 3.32. The number of hydrogen-bond donors (Lipinski definition) is 1. The second-order valence-electron chi connectivity index (χ2n) is 6.42. The number of esters is 1. The first kappa shape index (κ1) is 12.4. The van der Waals surface area contributed by atoms with Crippen LogP contribution < -0.4 is 5.32 Å². The molecule has 0 unspecified atom stereocenters. The zero-order chi connectivity index (χ0) is 12.6. The van der Waals surface area contributed by atoms with Gasteiger partial charge in [0.2, 0.25) is 0 Å². The highest BCUT2D eigenvalue weighted by atomic mass is 16.5. The molecule has 1 aliphatic carbocycles. The van der Waals surface area contributed by atoms with Gasteiger partial charge in [-0.3, -0.25) is 4.79 Å². The molecule has 4 heteroatoms. The summed E-state index contributed by atoms with van der Waals surface area (Å²) in [7, 11) is 2.16. The third-order valence-electron chi connectivity index (χ3n) is 4.99. The SMILES string of the molecule is CN1CCC2(CC1)CNC[C@@H]2C(=O)OCC1CC1. The normalized spacial score (nSPS) is 31.7. The molecule has 3 fully saturated rings. The highest BCUT2D eigenvalue weighted by Crippen LogP contribution is 2.42. The van der Waals surface area contributed by atoms with Gasteiger partial charge in [-0.15, -0.1) is 0 Å². The van der Waals surface area contributed by atoms with Crippen molar-refractivity contribution in [1.29, 1.82) is 0 Å². The number of nitrogens with one attached hydrogen (secondary N) is 1. The Labute approximate surface area is 109 Å². The van der Waals surface area contributed by atoms with Gasteiger partial charge in [-0.2, -0.15) is 0 Å². The summed E-state index contributed by atoms with van der Waals surface area (Å²) in [4.78, 5) is 14.6. The molecule has 0 amide bonds. The van der Waals surface area contributed by atoms with E-state index in [1.54, 1.807) is 0 Å². The predicted molar refractivity (Wildman–Crippen MR) is 69.2 cm³/mol. The smallest absolute Gasteiger partial charge is 0.310 e. The van der Waals surface area contributed by atoms with Crippen molar-refractivity contribution in [2.24, 2.45) is 17.3 Å². The van der Waals surface area contributed by atoms with Crippen LogP contribution in [0.5, 0.6) is 0 Å². The lowest BCUT2D eigenvalue weighted by atomic mass is 9.71. The zero-order valence-electron chi connectivity index (χ0n) is 11.3. The molecule has 3 aliphatic rings. The van der Waals surface area contributed by atoms with E-state index in [0.29, 0.717) is 12.5 Å². The molecule has 2 aliphatic heterocycles. The molecule has 2 heterocycles. The van der Waals surface area contributed by atoms with Crippen molar-refractivity contribution in [2.75, 3.05) is 39.8 Å². The first-order valence-corrected chi connectivity index (χ1v) is 7.25. The van der Waals surface area contributed by atoms with E-state index >= 15 is 0 Å². The van der Waals surface area contributed by atoms with Crippen LogP contribution in [0, 0.1) is 17.3 Å². The number of carbonyl (C=O) groups excluding carboxylic acids is 1. The van der Waals surface area contributed by atoms with Crippen molar-refractivity contribution >= 4 is 5.97 Å². The van der Waals surface area contributed by atoms with Gasteiger partial charge in [-0.25, -0.2) is 0 Å². The van der Waals surface area contributed by atoms with Gasteiger partial charge < -0.3 is 15.0 Å². The van der Waals surface area contributed by atoms with Crippen molar-refractivity contribution < 1.29 is 9.53 Å². The quantitative estimate of drug-likeness (QED) is 0.757. The van der Waals surface area contributed by atoms with Gasteiger partial charge >= 0.3 is 5.97 Å². The van der Waals surface area contributed by atoms with E-state index in [0.717, 1.165) is 39.0 Å². The van der Waals surface area contributed by atoms with Crippen molar-refractivity contribution in [3.8, 4) is 0 Å². The number of likely N-dealkylation sites (tertiary alicyclic amines) is 1. The van der Waals surface area contributed by atoms with Crippen LogP contribution in [0.2, 0.25) is 0 Å². The van der Waals surface area contributed by atoms with Crippen LogP contribution in [0.1, 0.15) is 25.7 Å². The number of hydrogen-bond acceptors (Lipinski definition) is 4. The van der Waals surface area contributed by atoms with Gasteiger partial charge in [0.25, 0.3) is 0 Å². The van der Waals surface area contributed by atoms with Gasteiger partial charge in [0, 0.05) is 13.1 Å². The number of nitrogens with zero attached hydrogens (tertiary/aromatic N) is 1. The van der Waals surface area contributed by atoms with Crippen molar-refractivity contribution in [3.05, 3.63) is 0 Å². The molecule has 3 rings (SSSR count). The lowest BCUT2D eigenvalue weighted by molar-refractivity contribution is -0.153. The summed E-state index contributed by atoms with van der Waals surface area (Å²) in [6.45, 7) is 4.67. The lowest BCUT2D eigenvalue weighted by Gasteiger charge is -2.40. The average molecular weight is 252 g/mol. The van der Waals surface area contributed by atoms with Crippen LogP contribution in [0.4, 0.5) is 0 Å². The highest BCUT2D eigenvalue weighted by Gasteiger charge is 2.48. The third-order valence-corrected chi connectivity index (χ3v) is 4.99. The van der Waals surface area contributed by atoms with Crippen LogP contribution >= 0.6 is 0 Å². The van der Waals surface area contributed by atoms with Crippen LogP contribution in [-0.4, -0.2) is 50.7 Å². The minimum atomic E-state index is 0.0523. The molecular formula is C14H24N2O2. The minimum Gasteiger partial charge on any atom is -0.465 e. The van der Waals surface area contributed by atoms with Gasteiger partial charge in [-0.1, -0.05) is 0 Å². The van der Waals surface area contributed by atoms with Gasteiger partial charge in [0.1, 0.15) is 0 Å². The lowest BCUT2D eigenvalue weighted by Crippen LogP contribution is -2.45. The summed E-state index contributed by atoms with van der Waals surface area (Å²) in [6, 6.07) is 0. The van der Waals surface area contributed by atoms with E-state index in [-0.39, 0.29) is 17.3 Å². The molecule has 1 atom stereocenters. The molecule has 0 bridgehead atoms. The topological polar surface area (TPSA) is 41.6 Å². The molecule has 4 nitrogen and oxygen atoms in total. The summed E-state index contributed by atoms with van der Waals surface area (Å²) in [5, 5.41) is 3.41. The maximum Gasteiger partial charge on any atom is 0.310 e. The average Bonchev–Trinajstić information content (AvgIpc) is 3.11. The molecule has 1 saturated carbocycles. The first-order chi connectivity index (χ1) is 8.70. The van der Waals surface area contributed by atoms with Gasteiger partial charge in [-0.05, 0) is 57.2 Å². The van der Waals surface area contributed by atoms with E-state index in [1.165, 1.54) is 12.8 Å². The maximum atomic E-state index is 12.3. The second kappa shape index (κ2) is 4.82. The van der Waals surface area contributed by atoms with E-state index in [4.69, 9.17) is 4.74 Å². The standard InChI is InChI=1S/C14H24N2O2/c1-16-6-4-14(5-7-16)10-15-8-12(14)13(17)18-9-11-2-3-11/h11-12,15H,2-10H2,1H3/t12-/m1/s1. The second-order valence-corrected chi connectivity index (χ2v) is 6.42. The van der Waals surface area contributed by atoms with Gasteiger partial charge in [0.15, 0.2) is 0 Å². The minimum absolute atomic E-state index is 0.0523. The Bertz CT molecular complexity index is 320. The van der Waals surface area contributed by atoms with E-state index in [9.17, 15) is 4.79 Å². The van der Waals surface area contributed by atoms with E-state index in [2.05, 4.69) is 17.3 Å². The van der Waals surface area contributed by atoms with E-state index < -0.39 is 0 Å². The van der Waals surface area contributed by atoms with Gasteiger partial charge in [0.05, 0.1) is 12.5 Å². The Balaban J connectivity index is 1.60. The monoisotopic (exact) mass is 252 g/mol. The van der Waals surface area contributed by atoms with Crippen molar-refractivity contribution in [2.45, 2.75) is 25.7 Å². The summed E-state index contributed by atoms with van der Waals surface area (Å²) in [5.41, 5.74) is 0.174. The molecule has 0 aromatic rings. The van der Waals surface area contributed by atoms with Crippen molar-refractivity contribution in [3.63, 3.8) is 0 Å². The molecule has 1 spiro atoms.